The van der Waals surface area contributed by atoms with Crippen molar-refractivity contribution in [1.29, 1.82) is 0 Å². The van der Waals surface area contributed by atoms with Crippen LogP contribution in [0.25, 0.3) is 0 Å². The molecule has 1 rings (SSSR count). The van der Waals surface area contributed by atoms with Gasteiger partial charge in [0.2, 0.25) is 5.91 Å². The van der Waals surface area contributed by atoms with Gasteiger partial charge in [0.15, 0.2) is 0 Å². The molecule has 94 valence electrons. The third kappa shape index (κ3) is 3.67. The van der Waals surface area contributed by atoms with E-state index in [-0.39, 0.29) is 17.9 Å². The van der Waals surface area contributed by atoms with Crippen molar-refractivity contribution >= 4 is 17.7 Å². The standard InChI is InChI=1S/C12H24N2OS/c1-9(2)11(13)12(15)14-6-4-10(8-14)5-7-16-3/h9-11H,4-8,13H2,1-3H3/t10-,11-/m1/s1. The summed E-state index contributed by atoms with van der Waals surface area (Å²) in [7, 11) is 0. The SMILES string of the molecule is CSCC[C@H]1CCN(C(=O)[C@H](N)C(C)C)C1. The van der Waals surface area contributed by atoms with Crippen molar-refractivity contribution in [2.24, 2.45) is 17.6 Å². The van der Waals surface area contributed by atoms with Gasteiger partial charge in [-0.05, 0) is 36.7 Å². The van der Waals surface area contributed by atoms with Crippen LogP contribution in [-0.2, 0) is 4.79 Å². The van der Waals surface area contributed by atoms with Crippen molar-refractivity contribution in [3.05, 3.63) is 0 Å². The lowest BCUT2D eigenvalue weighted by Gasteiger charge is -2.23. The summed E-state index contributed by atoms with van der Waals surface area (Å²) >= 11 is 1.88. The van der Waals surface area contributed by atoms with Crippen molar-refractivity contribution in [2.75, 3.05) is 25.1 Å². The molecule has 3 nitrogen and oxygen atoms in total. The van der Waals surface area contributed by atoms with E-state index in [0.717, 1.165) is 19.5 Å². The van der Waals surface area contributed by atoms with Crippen LogP contribution in [0.3, 0.4) is 0 Å². The molecular weight excluding hydrogens is 220 g/mol. The van der Waals surface area contributed by atoms with Crippen molar-refractivity contribution < 1.29 is 4.79 Å². The highest BCUT2D eigenvalue weighted by atomic mass is 32.2. The van der Waals surface area contributed by atoms with Crippen LogP contribution < -0.4 is 5.73 Å². The van der Waals surface area contributed by atoms with Gasteiger partial charge in [0.25, 0.3) is 0 Å². The summed E-state index contributed by atoms with van der Waals surface area (Å²) in [6.45, 7) is 5.83. The first-order chi connectivity index (χ1) is 7.56. The molecule has 0 aromatic heterocycles. The summed E-state index contributed by atoms with van der Waals surface area (Å²) < 4.78 is 0. The number of carbonyl (C=O) groups excluding carboxylic acids is 1. The van der Waals surface area contributed by atoms with E-state index in [9.17, 15) is 4.79 Å². The van der Waals surface area contributed by atoms with Crippen LogP contribution in [0, 0.1) is 11.8 Å². The summed E-state index contributed by atoms with van der Waals surface area (Å²) in [5.74, 6) is 2.26. The second-order valence-electron chi connectivity index (χ2n) is 4.99. The number of nitrogens with two attached hydrogens (primary N) is 1. The molecule has 2 atom stereocenters. The van der Waals surface area contributed by atoms with E-state index in [2.05, 4.69) is 6.26 Å². The molecule has 0 aromatic carbocycles. The summed E-state index contributed by atoms with van der Waals surface area (Å²) in [6.07, 6.45) is 4.51. The van der Waals surface area contributed by atoms with Gasteiger partial charge in [-0.15, -0.1) is 0 Å². The Hall–Kier alpha value is -0.220. The highest BCUT2D eigenvalue weighted by molar-refractivity contribution is 7.98. The number of hydrogen-bond donors (Lipinski definition) is 1. The molecule has 1 saturated heterocycles. The monoisotopic (exact) mass is 244 g/mol. The van der Waals surface area contributed by atoms with Crippen molar-refractivity contribution in [3.63, 3.8) is 0 Å². The molecule has 1 amide bonds. The number of rotatable bonds is 5. The van der Waals surface area contributed by atoms with E-state index in [1.807, 2.05) is 30.5 Å². The minimum atomic E-state index is -0.320. The number of hydrogen-bond acceptors (Lipinski definition) is 3. The second-order valence-corrected chi connectivity index (χ2v) is 5.98. The van der Waals surface area contributed by atoms with Gasteiger partial charge in [-0.1, -0.05) is 13.8 Å². The van der Waals surface area contributed by atoms with Gasteiger partial charge in [-0.25, -0.2) is 0 Å². The van der Waals surface area contributed by atoms with Crippen LogP contribution in [0.1, 0.15) is 26.7 Å². The predicted molar refractivity (Wildman–Crippen MR) is 70.5 cm³/mol. The Morgan fingerprint density at radius 3 is 2.81 bits per heavy atom. The van der Waals surface area contributed by atoms with Gasteiger partial charge in [-0.2, -0.15) is 11.8 Å². The van der Waals surface area contributed by atoms with Crippen LogP contribution in [0.4, 0.5) is 0 Å². The lowest BCUT2D eigenvalue weighted by molar-refractivity contribution is -0.132. The molecule has 16 heavy (non-hydrogen) atoms. The molecule has 0 saturated carbocycles. The minimum Gasteiger partial charge on any atom is -0.341 e. The number of likely N-dealkylation sites (tertiary alicyclic amines) is 1. The van der Waals surface area contributed by atoms with Gasteiger partial charge in [0.1, 0.15) is 0 Å². The Kier molecular flexibility index (Phi) is 5.62. The zero-order valence-electron chi connectivity index (χ0n) is 10.6. The zero-order chi connectivity index (χ0) is 12.1. The van der Waals surface area contributed by atoms with Gasteiger partial charge in [0.05, 0.1) is 6.04 Å². The van der Waals surface area contributed by atoms with Gasteiger partial charge < -0.3 is 10.6 Å². The average molecular weight is 244 g/mol. The maximum Gasteiger partial charge on any atom is 0.239 e. The summed E-state index contributed by atoms with van der Waals surface area (Å²) in [6, 6.07) is -0.320. The Balaban J connectivity index is 2.37. The third-order valence-electron chi connectivity index (χ3n) is 3.33. The van der Waals surface area contributed by atoms with E-state index >= 15 is 0 Å². The largest absolute Gasteiger partial charge is 0.341 e. The predicted octanol–water partition coefficient (Wildman–Crippen LogP) is 1.57. The van der Waals surface area contributed by atoms with Crippen LogP contribution in [0.15, 0.2) is 0 Å². The molecule has 1 heterocycles. The van der Waals surface area contributed by atoms with E-state index in [0.29, 0.717) is 5.92 Å². The zero-order valence-corrected chi connectivity index (χ0v) is 11.4. The molecule has 0 radical (unpaired) electrons. The van der Waals surface area contributed by atoms with E-state index < -0.39 is 0 Å². The number of thioether (sulfide) groups is 1. The Morgan fingerprint density at radius 2 is 2.25 bits per heavy atom. The molecule has 1 fully saturated rings. The Labute approximate surface area is 103 Å². The molecule has 4 heteroatoms. The molecule has 0 spiro atoms. The van der Waals surface area contributed by atoms with Crippen LogP contribution in [0.2, 0.25) is 0 Å². The average Bonchev–Trinajstić information content (AvgIpc) is 2.72. The topological polar surface area (TPSA) is 46.3 Å². The lowest BCUT2D eigenvalue weighted by Crippen LogP contribution is -2.45. The fourth-order valence-corrected chi connectivity index (χ4v) is 2.62. The quantitative estimate of drug-likeness (QED) is 0.798. The lowest BCUT2D eigenvalue weighted by atomic mass is 10.0. The van der Waals surface area contributed by atoms with Crippen LogP contribution in [0.5, 0.6) is 0 Å². The van der Waals surface area contributed by atoms with E-state index in [4.69, 9.17) is 5.73 Å². The van der Waals surface area contributed by atoms with E-state index in [1.165, 1.54) is 12.2 Å². The van der Waals surface area contributed by atoms with Crippen LogP contribution >= 0.6 is 11.8 Å². The number of carbonyl (C=O) groups is 1. The highest BCUT2D eigenvalue weighted by Gasteiger charge is 2.29. The number of nitrogens with zero attached hydrogens (tertiary/aromatic N) is 1. The molecule has 2 N–H and O–H groups in total. The first-order valence-electron chi connectivity index (χ1n) is 6.09. The third-order valence-corrected chi connectivity index (χ3v) is 3.98. The molecule has 1 aliphatic rings. The normalized spacial score (nSPS) is 22.8. The van der Waals surface area contributed by atoms with Gasteiger partial charge in [-0.3, -0.25) is 4.79 Å². The summed E-state index contributed by atoms with van der Waals surface area (Å²) in [5, 5.41) is 0. The molecular formula is C12H24N2OS. The molecule has 0 bridgehead atoms. The van der Waals surface area contributed by atoms with Gasteiger partial charge in [0, 0.05) is 13.1 Å². The molecule has 0 unspecified atom stereocenters. The maximum absolute atomic E-state index is 12.0. The Morgan fingerprint density at radius 1 is 1.56 bits per heavy atom. The van der Waals surface area contributed by atoms with Crippen molar-refractivity contribution in [2.45, 2.75) is 32.7 Å². The van der Waals surface area contributed by atoms with E-state index in [1.54, 1.807) is 0 Å². The van der Waals surface area contributed by atoms with Crippen molar-refractivity contribution in [1.82, 2.24) is 4.90 Å². The summed E-state index contributed by atoms with van der Waals surface area (Å²) in [5.41, 5.74) is 5.89. The minimum absolute atomic E-state index is 0.140. The van der Waals surface area contributed by atoms with Gasteiger partial charge >= 0.3 is 0 Å². The highest BCUT2D eigenvalue weighted by Crippen LogP contribution is 2.22. The second kappa shape index (κ2) is 6.50. The van der Waals surface area contributed by atoms with Crippen molar-refractivity contribution in [3.8, 4) is 0 Å². The molecule has 0 aromatic rings. The Bertz CT molecular complexity index is 233. The fourth-order valence-electron chi connectivity index (χ4n) is 2.05. The first kappa shape index (κ1) is 13.8. The number of amides is 1. The summed E-state index contributed by atoms with van der Waals surface area (Å²) in [4.78, 5) is 14.0. The van der Waals surface area contributed by atoms with Crippen LogP contribution in [-0.4, -0.2) is 41.9 Å². The smallest absolute Gasteiger partial charge is 0.239 e. The molecule has 0 aliphatic carbocycles. The first-order valence-corrected chi connectivity index (χ1v) is 7.49. The molecule has 1 aliphatic heterocycles. The fraction of sp³-hybridized carbons (Fsp3) is 0.917. The maximum atomic E-state index is 12.0.